The van der Waals surface area contributed by atoms with Gasteiger partial charge in [0.05, 0.1) is 17.6 Å². The average Bonchev–Trinajstić information content (AvgIpc) is 2.43. The molecule has 1 N–H and O–H groups in total. The number of nitrogens with one attached hydrogen (secondary N) is 1. The molecular formula is C15H10ClN3. The summed E-state index contributed by atoms with van der Waals surface area (Å²) in [6.07, 6.45) is 5.21. The Balaban J connectivity index is 2.21. The van der Waals surface area contributed by atoms with Crippen LogP contribution in [0.5, 0.6) is 0 Å². The van der Waals surface area contributed by atoms with Crippen LogP contribution in [0.1, 0.15) is 0 Å². The monoisotopic (exact) mass is 267 g/mol. The van der Waals surface area contributed by atoms with Gasteiger partial charge in [-0.15, -0.1) is 6.42 Å². The Morgan fingerprint density at radius 1 is 1.11 bits per heavy atom. The lowest BCUT2D eigenvalue weighted by molar-refractivity contribution is 1.23. The summed E-state index contributed by atoms with van der Waals surface area (Å²) in [7, 11) is 0. The summed E-state index contributed by atoms with van der Waals surface area (Å²) in [5, 5.41) is 5.53. The molecule has 0 aliphatic rings. The number of rotatable bonds is 2. The molecule has 3 aromatic rings. The van der Waals surface area contributed by atoms with Crippen molar-refractivity contribution < 1.29 is 0 Å². The van der Waals surface area contributed by atoms with Crippen molar-refractivity contribution in [3.05, 3.63) is 41.6 Å². The zero-order chi connectivity index (χ0) is 13.2. The van der Waals surface area contributed by atoms with E-state index in [4.69, 9.17) is 18.0 Å². The normalized spacial score (nSPS) is 10.5. The van der Waals surface area contributed by atoms with Crippen LogP contribution >= 0.6 is 11.6 Å². The first-order chi connectivity index (χ1) is 9.28. The van der Waals surface area contributed by atoms with Gasteiger partial charge < -0.3 is 5.32 Å². The van der Waals surface area contributed by atoms with Gasteiger partial charge in [0.1, 0.15) is 0 Å². The number of fused-ring (bicyclic) bond motifs is 2. The minimum Gasteiger partial charge on any atom is -0.357 e. The molecule has 0 atom stereocenters. The number of anilines is 1. The zero-order valence-electron chi connectivity index (χ0n) is 10.0. The molecule has 0 fully saturated rings. The predicted octanol–water partition coefficient (Wildman–Crippen LogP) is 3.48. The minimum absolute atomic E-state index is 0.332. The minimum atomic E-state index is 0.332. The van der Waals surface area contributed by atoms with Crippen LogP contribution in [0, 0.1) is 12.3 Å². The van der Waals surface area contributed by atoms with E-state index in [1.54, 1.807) is 0 Å². The van der Waals surface area contributed by atoms with Crippen molar-refractivity contribution >= 4 is 39.2 Å². The molecule has 3 nitrogen and oxygen atoms in total. The quantitative estimate of drug-likeness (QED) is 0.571. The highest BCUT2D eigenvalue weighted by molar-refractivity contribution is 6.32. The molecule has 0 unspecified atom stereocenters. The highest BCUT2D eigenvalue weighted by Crippen LogP contribution is 2.25. The van der Waals surface area contributed by atoms with E-state index in [2.05, 4.69) is 21.2 Å². The van der Waals surface area contributed by atoms with E-state index in [1.165, 1.54) is 0 Å². The fourth-order valence-electron chi connectivity index (χ4n) is 1.97. The molecule has 0 spiro atoms. The molecular weight excluding hydrogens is 258 g/mol. The standard InChI is InChI=1S/C15H10ClN3/c1-2-7-17-15-14(16)18-12-8-10-5-3-4-6-11(10)9-13(12)19-15/h1,3-6,8-9H,7H2,(H,17,19). The van der Waals surface area contributed by atoms with Gasteiger partial charge in [-0.3, -0.25) is 0 Å². The first kappa shape index (κ1) is 11.8. The number of aromatic nitrogens is 2. The van der Waals surface area contributed by atoms with Crippen LogP contribution in [0.2, 0.25) is 5.15 Å². The third-order valence-electron chi connectivity index (χ3n) is 2.85. The molecule has 0 saturated carbocycles. The zero-order valence-corrected chi connectivity index (χ0v) is 10.8. The van der Waals surface area contributed by atoms with Crippen molar-refractivity contribution in [3.63, 3.8) is 0 Å². The molecule has 2 aromatic carbocycles. The van der Waals surface area contributed by atoms with Crippen molar-refractivity contribution in [2.24, 2.45) is 0 Å². The number of nitrogens with zero attached hydrogens (tertiary/aromatic N) is 2. The highest BCUT2D eigenvalue weighted by atomic mass is 35.5. The van der Waals surface area contributed by atoms with Crippen LogP contribution in [0.4, 0.5) is 5.82 Å². The van der Waals surface area contributed by atoms with E-state index in [-0.39, 0.29) is 0 Å². The summed E-state index contributed by atoms with van der Waals surface area (Å²) >= 11 is 6.09. The largest absolute Gasteiger partial charge is 0.357 e. The Morgan fingerprint density at radius 2 is 1.74 bits per heavy atom. The number of hydrogen-bond acceptors (Lipinski definition) is 3. The van der Waals surface area contributed by atoms with Crippen molar-refractivity contribution in [2.75, 3.05) is 11.9 Å². The Labute approximate surface area is 115 Å². The molecule has 1 aromatic heterocycles. The summed E-state index contributed by atoms with van der Waals surface area (Å²) in [6, 6.07) is 12.0. The maximum atomic E-state index is 6.09. The van der Waals surface area contributed by atoms with Gasteiger partial charge in [0, 0.05) is 0 Å². The summed E-state index contributed by atoms with van der Waals surface area (Å²) in [5.41, 5.74) is 1.57. The summed E-state index contributed by atoms with van der Waals surface area (Å²) in [4.78, 5) is 8.81. The van der Waals surface area contributed by atoms with Gasteiger partial charge in [0.15, 0.2) is 11.0 Å². The van der Waals surface area contributed by atoms with Crippen molar-refractivity contribution in [1.29, 1.82) is 0 Å². The molecule has 19 heavy (non-hydrogen) atoms. The molecule has 0 radical (unpaired) electrons. The van der Waals surface area contributed by atoms with Crippen LogP contribution in [0.25, 0.3) is 21.8 Å². The van der Waals surface area contributed by atoms with Gasteiger partial charge in [-0.25, -0.2) is 9.97 Å². The van der Waals surface area contributed by atoms with Crippen molar-refractivity contribution in [1.82, 2.24) is 9.97 Å². The van der Waals surface area contributed by atoms with Crippen LogP contribution in [0.15, 0.2) is 36.4 Å². The molecule has 92 valence electrons. The van der Waals surface area contributed by atoms with E-state index in [1.807, 2.05) is 36.4 Å². The Kier molecular flexibility index (Phi) is 2.94. The van der Waals surface area contributed by atoms with Gasteiger partial charge >= 0.3 is 0 Å². The summed E-state index contributed by atoms with van der Waals surface area (Å²) in [6.45, 7) is 0.369. The smallest absolute Gasteiger partial charge is 0.172 e. The van der Waals surface area contributed by atoms with Gasteiger partial charge in [0.2, 0.25) is 0 Å². The lowest BCUT2D eigenvalue weighted by atomic mass is 10.1. The highest BCUT2D eigenvalue weighted by Gasteiger charge is 2.07. The molecule has 1 heterocycles. The third kappa shape index (κ3) is 2.18. The second kappa shape index (κ2) is 4.75. The first-order valence-corrected chi connectivity index (χ1v) is 6.19. The van der Waals surface area contributed by atoms with E-state index < -0.39 is 0 Å². The predicted molar refractivity (Wildman–Crippen MR) is 79.4 cm³/mol. The van der Waals surface area contributed by atoms with E-state index in [0.29, 0.717) is 17.5 Å². The molecule has 0 aliphatic heterocycles. The Bertz CT molecular complexity index is 805. The Hall–Kier alpha value is -2.31. The topological polar surface area (TPSA) is 37.8 Å². The fourth-order valence-corrected chi connectivity index (χ4v) is 2.17. The second-order valence-electron chi connectivity index (χ2n) is 4.11. The lowest BCUT2D eigenvalue weighted by Gasteiger charge is -2.06. The number of hydrogen-bond donors (Lipinski definition) is 1. The fraction of sp³-hybridized carbons (Fsp3) is 0.0667. The lowest BCUT2D eigenvalue weighted by Crippen LogP contribution is -2.03. The summed E-state index contributed by atoms with van der Waals surface area (Å²) < 4.78 is 0. The molecule has 0 amide bonds. The molecule has 0 aliphatic carbocycles. The third-order valence-corrected chi connectivity index (χ3v) is 3.11. The van der Waals surface area contributed by atoms with Crippen LogP contribution in [-0.4, -0.2) is 16.5 Å². The maximum absolute atomic E-state index is 6.09. The Morgan fingerprint density at radius 3 is 2.37 bits per heavy atom. The molecule has 0 bridgehead atoms. The van der Waals surface area contributed by atoms with Gasteiger partial charge in [-0.05, 0) is 22.9 Å². The van der Waals surface area contributed by atoms with E-state index in [9.17, 15) is 0 Å². The van der Waals surface area contributed by atoms with E-state index >= 15 is 0 Å². The SMILES string of the molecule is C#CCNc1nc2cc3ccccc3cc2nc1Cl. The average molecular weight is 268 g/mol. The van der Waals surface area contributed by atoms with E-state index in [0.717, 1.165) is 21.8 Å². The van der Waals surface area contributed by atoms with Crippen molar-refractivity contribution in [2.45, 2.75) is 0 Å². The van der Waals surface area contributed by atoms with Crippen molar-refractivity contribution in [3.8, 4) is 12.3 Å². The summed E-state index contributed by atoms with van der Waals surface area (Å²) in [5.74, 6) is 3.00. The van der Waals surface area contributed by atoms with Gasteiger partial charge in [-0.1, -0.05) is 41.8 Å². The van der Waals surface area contributed by atoms with Crippen LogP contribution in [-0.2, 0) is 0 Å². The molecule has 3 rings (SSSR count). The number of halogens is 1. The number of terminal acetylenes is 1. The first-order valence-electron chi connectivity index (χ1n) is 5.81. The van der Waals surface area contributed by atoms with Gasteiger partial charge in [0.25, 0.3) is 0 Å². The van der Waals surface area contributed by atoms with Crippen LogP contribution in [0.3, 0.4) is 0 Å². The second-order valence-corrected chi connectivity index (χ2v) is 4.47. The number of benzene rings is 2. The van der Waals surface area contributed by atoms with Gasteiger partial charge in [-0.2, -0.15) is 0 Å². The molecule has 4 heteroatoms. The van der Waals surface area contributed by atoms with Crippen LogP contribution < -0.4 is 5.32 Å². The molecule has 0 saturated heterocycles. The maximum Gasteiger partial charge on any atom is 0.172 e.